The van der Waals surface area contributed by atoms with Crippen LogP contribution in [0, 0.1) is 6.92 Å². The summed E-state index contributed by atoms with van der Waals surface area (Å²) in [5.74, 6) is 1.36. The van der Waals surface area contributed by atoms with Gasteiger partial charge in [-0.25, -0.2) is 0 Å². The molecule has 1 unspecified atom stereocenters. The third-order valence-electron chi connectivity index (χ3n) is 3.75. The van der Waals surface area contributed by atoms with Crippen molar-refractivity contribution in [3.63, 3.8) is 0 Å². The molecule has 1 atom stereocenters. The summed E-state index contributed by atoms with van der Waals surface area (Å²) in [7, 11) is 0. The molecule has 3 N–H and O–H groups in total. The second kappa shape index (κ2) is 11.5. The van der Waals surface area contributed by atoms with Crippen LogP contribution in [0.2, 0.25) is 0 Å². The summed E-state index contributed by atoms with van der Waals surface area (Å²) in [4.78, 5) is 6.09. The maximum atomic E-state index is 4.70. The average molecular weight is 461 g/mol. The molecule has 0 saturated heterocycles. The van der Waals surface area contributed by atoms with Crippen molar-refractivity contribution < 1.29 is 0 Å². The van der Waals surface area contributed by atoms with Gasteiger partial charge in [0.15, 0.2) is 5.96 Å². The van der Waals surface area contributed by atoms with E-state index < -0.39 is 0 Å². The standard InChI is InChI=1S/C17H27N5S.HI/c1-4-18-17(20-11-13(2)16-8-6-10-23-16)19-9-5-7-15-12-21-22-14(15)3;/h6,8,10,12-13H,4-5,7,9,11H2,1-3H3,(H,21,22)(H2,18,19,20);1H. The molecule has 134 valence electrons. The molecule has 0 aliphatic heterocycles. The van der Waals surface area contributed by atoms with Gasteiger partial charge in [-0.3, -0.25) is 10.1 Å². The number of halogens is 1. The zero-order chi connectivity index (χ0) is 16.5. The van der Waals surface area contributed by atoms with Crippen LogP contribution in [0.4, 0.5) is 0 Å². The molecular formula is C17H28IN5S. The number of hydrogen-bond acceptors (Lipinski definition) is 3. The van der Waals surface area contributed by atoms with Gasteiger partial charge in [-0.05, 0) is 43.7 Å². The van der Waals surface area contributed by atoms with Crippen molar-refractivity contribution in [2.45, 2.75) is 39.5 Å². The Morgan fingerprint density at radius 2 is 2.25 bits per heavy atom. The monoisotopic (exact) mass is 461 g/mol. The molecule has 2 aromatic rings. The third-order valence-corrected chi connectivity index (χ3v) is 4.85. The molecule has 2 rings (SSSR count). The fourth-order valence-electron chi connectivity index (χ4n) is 2.34. The molecule has 24 heavy (non-hydrogen) atoms. The first-order valence-electron chi connectivity index (χ1n) is 8.25. The van der Waals surface area contributed by atoms with Crippen LogP contribution in [0.3, 0.4) is 0 Å². The minimum atomic E-state index is 0. The number of thiophene rings is 1. The third kappa shape index (κ3) is 6.80. The Hall–Kier alpha value is -1.09. The van der Waals surface area contributed by atoms with Crippen molar-refractivity contribution in [3.8, 4) is 0 Å². The molecule has 0 amide bonds. The number of hydrogen-bond donors (Lipinski definition) is 3. The van der Waals surface area contributed by atoms with E-state index in [-0.39, 0.29) is 24.0 Å². The fourth-order valence-corrected chi connectivity index (χ4v) is 3.12. The van der Waals surface area contributed by atoms with E-state index in [2.05, 4.69) is 59.1 Å². The lowest BCUT2D eigenvalue weighted by atomic mass is 10.1. The summed E-state index contributed by atoms with van der Waals surface area (Å²) in [6.45, 7) is 8.96. The van der Waals surface area contributed by atoms with Crippen LogP contribution >= 0.6 is 35.3 Å². The largest absolute Gasteiger partial charge is 0.357 e. The van der Waals surface area contributed by atoms with E-state index in [0.717, 1.165) is 44.1 Å². The number of guanidine groups is 1. The second-order valence-corrected chi connectivity index (χ2v) is 6.67. The highest BCUT2D eigenvalue weighted by molar-refractivity contribution is 14.0. The van der Waals surface area contributed by atoms with Crippen LogP contribution in [-0.2, 0) is 6.42 Å². The summed E-state index contributed by atoms with van der Waals surface area (Å²) in [6, 6.07) is 4.28. The lowest BCUT2D eigenvalue weighted by molar-refractivity contribution is 0.727. The van der Waals surface area contributed by atoms with Gasteiger partial charge < -0.3 is 10.6 Å². The van der Waals surface area contributed by atoms with Crippen molar-refractivity contribution in [2.24, 2.45) is 4.99 Å². The molecular weight excluding hydrogens is 433 g/mol. The maximum Gasteiger partial charge on any atom is 0.191 e. The van der Waals surface area contributed by atoms with Crippen molar-refractivity contribution in [3.05, 3.63) is 39.8 Å². The highest BCUT2D eigenvalue weighted by Crippen LogP contribution is 2.20. The van der Waals surface area contributed by atoms with E-state index >= 15 is 0 Å². The van der Waals surface area contributed by atoms with Crippen molar-refractivity contribution in [1.82, 2.24) is 20.8 Å². The Balaban J connectivity index is 0.00000288. The summed E-state index contributed by atoms with van der Waals surface area (Å²) in [6.07, 6.45) is 4.00. The van der Waals surface area contributed by atoms with Gasteiger partial charge in [-0.15, -0.1) is 35.3 Å². The number of aromatic amines is 1. The predicted octanol–water partition coefficient (Wildman–Crippen LogP) is 3.69. The van der Waals surface area contributed by atoms with Crippen LogP contribution in [0.1, 0.15) is 42.3 Å². The number of aryl methyl sites for hydroxylation is 2. The molecule has 0 saturated carbocycles. The number of nitrogens with one attached hydrogen (secondary N) is 3. The second-order valence-electron chi connectivity index (χ2n) is 5.69. The van der Waals surface area contributed by atoms with Gasteiger partial charge in [-0.1, -0.05) is 13.0 Å². The number of aliphatic imine (C=N–C) groups is 1. The molecule has 0 aromatic carbocycles. The first kappa shape index (κ1) is 21.0. The van der Waals surface area contributed by atoms with Crippen LogP contribution in [0.25, 0.3) is 0 Å². The lowest BCUT2D eigenvalue weighted by Crippen LogP contribution is -2.38. The number of nitrogens with zero attached hydrogens (tertiary/aromatic N) is 2. The van der Waals surface area contributed by atoms with Crippen molar-refractivity contribution >= 4 is 41.3 Å². The van der Waals surface area contributed by atoms with E-state index in [9.17, 15) is 0 Å². The Kier molecular flexibility index (Phi) is 10.0. The van der Waals surface area contributed by atoms with Gasteiger partial charge in [0.25, 0.3) is 0 Å². The van der Waals surface area contributed by atoms with Crippen molar-refractivity contribution in [2.75, 3.05) is 19.6 Å². The number of rotatable bonds is 8. The summed E-state index contributed by atoms with van der Waals surface area (Å²) < 4.78 is 0. The normalized spacial score (nSPS) is 12.5. The van der Waals surface area contributed by atoms with E-state index in [1.807, 2.05) is 6.20 Å². The molecule has 2 aromatic heterocycles. The summed E-state index contributed by atoms with van der Waals surface area (Å²) in [5.41, 5.74) is 2.45. The molecule has 0 spiro atoms. The van der Waals surface area contributed by atoms with Gasteiger partial charge in [0.1, 0.15) is 0 Å². The molecule has 2 heterocycles. The van der Waals surface area contributed by atoms with Crippen molar-refractivity contribution in [1.29, 1.82) is 0 Å². The van der Waals surface area contributed by atoms with E-state index in [4.69, 9.17) is 4.99 Å². The minimum absolute atomic E-state index is 0. The molecule has 0 fully saturated rings. The van der Waals surface area contributed by atoms with Crippen LogP contribution < -0.4 is 10.6 Å². The van der Waals surface area contributed by atoms with E-state index in [1.54, 1.807) is 11.3 Å². The van der Waals surface area contributed by atoms with Gasteiger partial charge in [0.2, 0.25) is 0 Å². The van der Waals surface area contributed by atoms with E-state index in [0.29, 0.717) is 5.92 Å². The smallest absolute Gasteiger partial charge is 0.191 e. The SMILES string of the molecule is CCNC(=NCC(C)c1cccs1)NCCCc1cn[nH]c1C.I. The van der Waals surface area contributed by atoms with Gasteiger partial charge in [-0.2, -0.15) is 5.10 Å². The Morgan fingerprint density at radius 3 is 2.88 bits per heavy atom. The molecule has 5 nitrogen and oxygen atoms in total. The molecule has 7 heteroatoms. The summed E-state index contributed by atoms with van der Waals surface area (Å²) in [5, 5.41) is 15.9. The lowest BCUT2D eigenvalue weighted by Gasteiger charge is -2.13. The Bertz CT molecular complexity index is 594. The zero-order valence-electron chi connectivity index (χ0n) is 14.6. The van der Waals surface area contributed by atoms with Gasteiger partial charge in [0.05, 0.1) is 12.7 Å². The molecule has 0 bridgehead atoms. The number of H-pyrrole nitrogens is 1. The molecule has 0 aliphatic carbocycles. The zero-order valence-corrected chi connectivity index (χ0v) is 17.8. The van der Waals surface area contributed by atoms with E-state index in [1.165, 1.54) is 10.4 Å². The van der Waals surface area contributed by atoms with Gasteiger partial charge >= 0.3 is 0 Å². The highest BCUT2D eigenvalue weighted by atomic mass is 127. The fraction of sp³-hybridized carbons (Fsp3) is 0.529. The van der Waals surface area contributed by atoms with Crippen LogP contribution in [0.15, 0.2) is 28.7 Å². The first-order valence-corrected chi connectivity index (χ1v) is 9.13. The summed E-state index contributed by atoms with van der Waals surface area (Å²) >= 11 is 1.80. The predicted molar refractivity (Wildman–Crippen MR) is 114 cm³/mol. The minimum Gasteiger partial charge on any atom is -0.357 e. The maximum absolute atomic E-state index is 4.70. The molecule has 0 radical (unpaired) electrons. The van der Waals surface area contributed by atoms with Crippen LogP contribution in [-0.4, -0.2) is 35.8 Å². The van der Waals surface area contributed by atoms with Gasteiger partial charge in [0, 0.05) is 29.6 Å². The highest BCUT2D eigenvalue weighted by Gasteiger charge is 2.06. The number of aromatic nitrogens is 2. The van der Waals surface area contributed by atoms with Crippen LogP contribution in [0.5, 0.6) is 0 Å². The average Bonchev–Trinajstić information content (AvgIpc) is 3.20. The quantitative estimate of drug-likeness (QED) is 0.243. The first-order chi connectivity index (χ1) is 11.2. The Morgan fingerprint density at radius 1 is 1.42 bits per heavy atom. The Labute approximate surface area is 165 Å². The topological polar surface area (TPSA) is 65.1 Å². The molecule has 0 aliphatic rings.